The van der Waals surface area contributed by atoms with Crippen LogP contribution in [0.4, 0.5) is 4.79 Å². The number of carboxylic acid groups (broad SMARTS) is 1. The maximum absolute atomic E-state index is 12.1. The molecule has 9 heteroatoms. The molecule has 0 heterocycles. The van der Waals surface area contributed by atoms with E-state index < -0.39 is 18.2 Å². The van der Waals surface area contributed by atoms with Gasteiger partial charge in [0.1, 0.15) is 6.61 Å². The molecular formula is C24H28N2O7. The van der Waals surface area contributed by atoms with Crippen molar-refractivity contribution >= 4 is 18.0 Å². The molecule has 2 aromatic rings. The predicted molar refractivity (Wildman–Crippen MR) is 120 cm³/mol. The molecule has 1 aliphatic rings. The molecule has 0 radical (unpaired) electrons. The number of aliphatic hydroxyl groups is 1. The Morgan fingerprint density at radius 2 is 1.55 bits per heavy atom. The summed E-state index contributed by atoms with van der Waals surface area (Å²) in [4.78, 5) is 34.2. The van der Waals surface area contributed by atoms with E-state index in [0.717, 1.165) is 22.3 Å². The van der Waals surface area contributed by atoms with Gasteiger partial charge in [-0.1, -0.05) is 48.5 Å². The number of carbonyl (C=O) groups is 3. The summed E-state index contributed by atoms with van der Waals surface area (Å²) in [5.41, 5.74) is 4.62. The van der Waals surface area contributed by atoms with Gasteiger partial charge in [0.15, 0.2) is 6.10 Å². The second-order valence-electron chi connectivity index (χ2n) is 7.61. The van der Waals surface area contributed by atoms with E-state index in [1.807, 2.05) is 24.3 Å². The van der Waals surface area contributed by atoms with Crippen LogP contribution < -0.4 is 10.6 Å². The highest BCUT2D eigenvalue weighted by molar-refractivity contribution is 5.79. The monoisotopic (exact) mass is 456 g/mol. The zero-order valence-electron chi connectivity index (χ0n) is 18.2. The maximum atomic E-state index is 12.1. The maximum Gasteiger partial charge on any atom is 0.407 e. The molecule has 0 fully saturated rings. The third-order valence-corrected chi connectivity index (χ3v) is 5.36. The molecule has 3 rings (SSSR count). The number of alkyl carbamates (subject to hydrolysis) is 1. The van der Waals surface area contributed by atoms with Crippen molar-refractivity contribution in [3.05, 3.63) is 59.7 Å². The molecule has 0 unspecified atom stereocenters. The minimum atomic E-state index is -1.49. The molecule has 0 spiro atoms. The van der Waals surface area contributed by atoms with Gasteiger partial charge in [-0.3, -0.25) is 4.79 Å². The summed E-state index contributed by atoms with van der Waals surface area (Å²) in [5, 5.41) is 22.8. The fraction of sp³-hybridized carbons (Fsp3) is 0.375. The molecule has 9 nitrogen and oxygen atoms in total. The summed E-state index contributed by atoms with van der Waals surface area (Å²) in [6.07, 6.45) is -2.00. The Balaban J connectivity index is 1.29. The number of amides is 2. The van der Waals surface area contributed by atoms with Gasteiger partial charge >= 0.3 is 12.1 Å². The van der Waals surface area contributed by atoms with Crippen LogP contribution in [-0.2, 0) is 19.1 Å². The van der Waals surface area contributed by atoms with Crippen LogP contribution in [0.3, 0.4) is 0 Å². The fourth-order valence-electron chi connectivity index (χ4n) is 3.70. The van der Waals surface area contributed by atoms with Gasteiger partial charge in [-0.2, -0.15) is 0 Å². The van der Waals surface area contributed by atoms with Crippen LogP contribution in [0.2, 0.25) is 0 Å². The van der Waals surface area contributed by atoms with E-state index in [1.165, 1.54) is 0 Å². The highest BCUT2D eigenvalue weighted by Crippen LogP contribution is 2.44. The Morgan fingerprint density at radius 3 is 2.18 bits per heavy atom. The summed E-state index contributed by atoms with van der Waals surface area (Å²) in [6, 6.07) is 16.2. The minimum Gasteiger partial charge on any atom is -0.479 e. The van der Waals surface area contributed by atoms with Gasteiger partial charge in [0.25, 0.3) is 0 Å². The summed E-state index contributed by atoms with van der Waals surface area (Å²) < 4.78 is 10.7. The molecule has 176 valence electrons. The van der Waals surface area contributed by atoms with E-state index in [0.29, 0.717) is 0 Å². The van der Waals surface area contributed by atoms with Crippen LogP contribution in [0.5, 0.6) is 0 Å². The van der Waals surface area contributed by atoms with E-state index in [9.17, 15) is 14.4 Å². The standard InChI is InChI=1S/C24H28N2O7/c27-21(23(29)30)9-11-25-22(28)10-13-32-14-12-26-24(31)33-15-20-18-7-3-1-5-16(18)17-6-2-4-8-19(17)20/h1-8,20-21,27H,9-15H2,(H,25,28)(H,26,31)(H,29,30)/t21-/m0/s1. The average molecular weight is 456 g/mol. The van der Waals surface area contributed by atoms with Crippen molar-refractivity contribution in [1.82, 2.24) is 10.6 Å². The van der Waals surface area contributed by atoms with Crippen LogP contribution in [0.15, 0.2) is 48.5 Å². The largest absolute Gasteiger partial charge is 0.479 e. The molecule has 33 heavy (non-hydrogen) atoms. The first-order valence-electron chi connectivity index (χ1n) is 10.8. The Hall–Kier alpha value is -3.43. The smallest absolute Gasteiger partial charge is 0.407 e. The zero-order valence-corrected chi connectivity index (χ0v) is 18.2. The van der Waals surface area contributed by atoms with Crippen LogP contribution in [0.1, 0.15) is 29.9 Å². The Kier molecular flexibility index (Phi) is 8.79. The topological polar surface area (TPSA) is 134 Å². The molecule has 2 amide bonds. The van der Waals surface area contributed by atoms with Crippen LogP contribution >= 0.6 is 0 Å². The number of benzene rings is 2. The van der Waals surface area contributed by atoms with Crippen LogP contribution in [-0.4, -0.2) is 67.2 Å². The van der Waals surface area contributed by atoms with Crippen molar-refractivity contribution < 1.29 is 34.1 Å². The first-order valence-corrected chi connectivity index (χ1v) is 10.8. The predicted octanol–water partition coefficient (Wildman–Crippen LogP) is 1.88. The van der Waals surface area contributed by atoms with Crippen LogP contribution in [0, 0.1) is 0 Å². The molecule has 0 aromatic heterocycles. The third kappa shape index (κ3) is 6.77. The summed E-state index contributed by atoms with van der Waals surface area (Å²) in [6.45, 7) is 0.908. The van der Waals surface area contributed by atoms with Gasteiger partial charge in [-0.15, -0.1) is 0 Å². The first kappa shape index (κ1) is 24.2. The SMILES string of the molecule is O=C(CCOCCNC(=O)OCC1c2ccccc2-c2ccccc21)NCC[C@H](O)C(=O)O. The van der Waals surface area contributed by atoms with E-state index in [1.54, 1.807) is 0 Å². The lowest BCUT2D eigenvalue weighted by molar-refractivity contribution is -0.147. The van der Waals surface area contributed by atoms with Crippen LogP contribution in [0.25, 0.3) is 11.1 Å². The summed E-state index contributed by atoms with van der Waals surface area (Å²) in [7, 11) is 0. The molecule has 0 saturated carbocycles. The van der Waals surface area contributed by atoms with Crippen molar-refractivity contribution in [1.29, 1.82) is 0 Å². The molecule has 0 bridgehead atoms. The van der Waals surface area contributed by atoms with Gasteiger partial charge in [-0.25, -0.2) is 9.59 Å². The number of carboxylic acids is 1. The van der Waals surface area contributed by atoms with E-state index >= 15 is 0 Å². The van der Waals surface area contributed by atoms with Gasteiger partial charge in [-0.05, 0) is 22.3 Å². The quantitative estimate of drug-likeness (QED) is 0.358. The third-order valence-electron chi connectivity index (χ3n) is 5.36. The molecule has 0 aliphatic heterocycles. The first-order chi connectivity index (χ1) is 16.0. The highest BCUT2D eigenvalue weighted by Gasteiger charge is 2.28. The lowest BCUT2D eigenvalue weighted by Crippen LogP contribution is -2.31. The van der Waals surface area contributed by atoms with Crippen molar-refractivity contribution in [2.45, 2.75) is 24.9 Å². The number of aliphatic carboxylic acids is 1. The number of fused-ring (bicyclic) bond motifs is 3. The zero-order chi connectivity index (χ0) is 23.6. The fourth-order valence-corrected chi connectivity index (χ4v) is 3.70. The second kappa shape index (κ2) is 12.0. The second-order valence-corrected chi connectivity index (χ2v) is 7.61. The normalized spacial score (nSPS) is 13.0. The van der Waals surface area contributed by atoms with Crippen molar-refractivity contribution in [2.24, 2.45) is 0 Å². The number of hydrogen-bond acceptors (Lipinski definition) is 6. The number of nitrogens with one attached hydrogen (secondary N) is 2. The van der Waals surface area contributed by atoms with Crippen molar-refractivity contribution in [3.63, 3.8) is 0 Å². The number of aliphatic hydroxyl groups excluding tert-OH is 1. The van der Waals surface area contributed by atoms with Crippen molar-refractivity contribution in [2.75, 3.05) is 32.9 Å². The number of ether oxygens (including phenoxy) is 2. The Morgan fingerprint density at radius 1 is 0.909 bits per heavy atom. The van der Waals surface area contributed by atoms with Gasteiger partial charge < -0.3 is 30.3 Å². The van der Waals surface area contributed by atoms with Gasteiger partial charge in [0, 0.05) is 31.8 Å². The van der Waals surface area contributed by atoms with Crippen molar-refractivity contribution in [3.8, 4) is 11.1 Å². The molecule has 4 N–H and O–H groups in total. The summed E-state index contributed by atoms with van der Waals surface area (Å²) in [5.74, 6) is -1.64. The Labute approximate surface area is 191 Å². The average Bonchev–Trinajstić information content (AvgIpc) is 3.13. The van der Waals surface area contributed by atoms with E-state index in [2.05, 4.69) is 34.9 Å². The molecular weight excluding hydrogens is 428 g/mol. The minimum absolute atomic E-state index is 0.00507. The number of carbonyl (C=O) groups excluding carboxylic acids is 2. The van der Waals surface area contributed by atoms with Gasteiger partial charge in [0.05, 0.1) is 13.2 Å². The lowest BCUT2D eigenvalue weighted by atomic mass is 9.98. The van der Waals surface area contributed by atoms with E-state index in [-0.39, 0.29) is 57.6 Å². The molecule has 0 saturated heterocycles. The molecule has 1 atom stereocenters. The van der Waals surface area contributed by atoms with E-state index in [4.69, 9.17) is 19.7 Å². The number of rotatable bonds is 12. The molecule has 1 aliphatic carbocycles. The lowest BCUT2D eigenvalue weighted by Gasteiger charge is -2.14. The summed E-state index contributed by atoms with van der Waals surface area (Å²) >= 11 is 0. The Bertz CT molecular complexity index is 933. The van der Waals surface area contributed by atoms with Gasteiger partial charge in [0.2, 0.25) is 5.91 Å². The highest BCUT2D eigenvalue weighted by atomic mass is 16.5. The molecule has 2 aromatic carbocycles. The number of hydrogen-bond donors (Lipinski definition) is 4.